The van der Waals surface area contributed by atoms with E-state index in [1.807, 2.05) is 0 Å². The molecule has 428 valence electrons. The maximum Gasteiger partial charge on any atom is 0.328 e. The smallest absolute Gasteiger partial charge is 0.328 e. The zero-order chi connectivity index (χ0) is 56.7. The van der Waals surface area contributed by atoms with Gasteiger partial charge in [0.25, 0.3) is 0 Å². The van der Waals surface area contributed by atoms with E-state index in [1.165, 1.54) is 29.2 Å². The molecule has 0 bridgehead atoms. The van der Waals surface area contributed by atoms with Gasteiger partial charge in [0.05, 0.1) is 13.2 Å². The van der Waals surface area contributed by atoms with E-state index in [4.69, 9.17) is 34.4 Å². The van der Waals surface area contributed by atoms with E-state index < -0.39 is 114 Å². The Morgan fingerprint density at radius 1 is 0.645 bits per heavy atom. The SMILES string of the molecule is CC[C@H](C)[C@H](NC(=O)[C@H](CCCCN)NC(=O)[C@H](CCCCN)NC(=O)[C@@H]1CCCN1C(=O)[C@H](CCCCN)NC(=O)CN)C(=O)N[C@@H](CCCN=C(N)N)C(=O)N[C@@H](Cc1ccc(O)cc1)C(=O)N[C@@H](CO)C(=O)O. The van der Waals surface area contributed by atoms with E-state index in [9.17, 15) is 58.5 Å². The summed E-state index contributed by atoms with van der Waals surface area (Å²) < 4.78 is 0. The summed E-state index contributed by atoms with van der Waals surface area (Å²) in [7, 11) is 0. The van der Waals surface area contributed by atoms with E-state index in [1.54, 1.807) is 13.8 Å². The quantitative estimate of drug-likeness (QED) is 0.0171. The van der Waals surface area contributed by atoms with Gasteiger partial charge in [0.2, 0.25) is 47.3 Å². The van der Waals surface area contributed by atoms with Gasteiger partial charge in [-0.15, -0.1) is 0 Å². The van der Waals surface area contributed by atoms with Gasteiger partial charge in [0.1, 0.15) is 54.1 Å². The molecular formula is C49H85N15O12. The minimum Gasteiger partial charge on any atom is -0.508 e. The number of carboxylic acid groups (broad SMARTS) is 1. The second kappa shape index (κ2) is 35.6. The Hall–Kier alpha value is -6.68. The van der Waals surface area contributed by atoms with E-state index in [0.717, 1.165) is 0 Å². The van der Waals surface area contributed by atoms with Crippen molar-refractivity contribution in [3.8, 4) is 5.75 Å². The molecule has 1 aliphatic rings. The Morgan fingerprint density at radius 2 is 1.13 bits per heavy atom. The van der Waals surface area contributed by atoms with Crippen LogP contribution in [0, 0.1) is 5.92 Å². The number of carboxylic acids is 1. The van der Waals surface area contributed by atoms with Gasteiger partial charge in [0, 0.05) is 19.5 Å². The van der Waals surface area contributed by atoms with Gasteiger partial charge in [-0.25, -0.2) is 4.79 Å². The maximum atomic E-state index is 14.4. The van der Waals surface area contributed by atoms with E-state index in [0.29, 0.717) is 70.0 Å². The van der Waals surface area contributed by atoms with Gasteiger partial charge >= 0.3 is 5.97 Å². The number of phenols is 1. The third-order valence-electron chi connectivity index (χ3n) is 12.9. The molecule has 1 aromatic carbocycles. The number of aromatic hydroxyl groups is 1. The number of hydrogen-bond acceptors (Lipinski definition) is 16. The number of aliphatic imine (C=N–C) groups is 1. The van der Waals surface area contributed by atoms with Crippen LogP contribution in [-0.2, 0) is 49.6 Å². The van der Waals surface area contributed by atoms with Gasteiger partial charge in [-0.05, 0) is 127 Å². The first kappa shape index (κ1) is 65.4. The molecular weight excluding hydrogens is 991 g/mol. The first-order valence-corrected chi connectivity index (χ1v) is 26.1. The highest BCUT2D eigenvalue weighted by Crippen LogP contribution is 2.21. The second-order valence-corrected chi connectivity index (χ2v) is 18.9. The second-order valence-electron chi connectivity index (χ2n) is 18.9. The van der Waals surface area contributed by atoms with Crippen molar-refractivity contribution < 1.29 is 58.5 Å². The number of amides is 8. The Bertz CT molecular complexity index is 2060. The summed E-state index contributed by atoms with van der Waals surface area (Å²) in [6.45, 7) is 3.35. The lowest BCUT2D eigenvalue weighted by atomic mass is 9.96. The number of benzene rings is 1. The number of nitrogens with two attached hydrogens (primary N) is 6. The number of unbranched alkanes of at least 4 members (excludes halogenated alkanes) is 3. The highest BCUT2D eigenvalue weighted by molar-refractivity contribution is 5.98. The number of aliphatic hydroxyl groups is 1. The van der Waals surface area contributed by atoms with Gasteiger partial charge in [-0.3, -0.25) is 43.3 Å². The topological polar surface area (TPSA) is 470 Å². The van der Waals surface area contributed by atoms with Crippen molar-refractivity contribution in [2.75, 3.05) is 45.9 Å². The van der Waals surface area contributed by atoms with Gasteiger partial charge < -0.3 is 91.8 Å². The molecule has 1 saturated heterocycles. The minimum atomic E-state index is -1.72. The molecule has 0 aromatic heterocycles. The standard InChI is InChI=1S/C49H85N15O12/c1-3-29(2)40(46(73)60-34(15-10-24-56-49(54)55)42(69)61-36(26-30-17-19-31(66)20-18-30)44(71)62-37(28-65)48(75)76)63-43(70)33(13-5-8-22-51)58-41(68)32(12-4-7-21-50)59-45(72)38-16-11-25-64(38)47(74)35(14-6-9-23-52)57-39(67)27-53/h17-20,29,32-38,40,65-66H,3-16,21-28,50-53H2,1-2H3,(H,57,67)(H,58,68)(H,59,72)(H,60,73)(H,61,69)(H,62,71)(H,63,70)(H,75,76)(H4,54,55,56)/t29-,32-,33-,34-,35-,36-,37-,38-,40-/m0/s1. The Labute approximate surface area is 443 Å². The van der Waals surface area contributed by atoms with Crippen molar-refractivity contribution >= 4 is 59.2 Å². The third-order valence-corrected chi connectivity index (χ3v) is 12.9. The van der Waals surface area contributed by atoms with Crippen LogP contribution < -0.4 is 71.6 Å². The molecule has 27 heteroatoms. The lowest BCUT2D eigenvalue weighted by Gasteiger charge is -2.31. The highest BCUT2D eigenvalue weighted by Gasteiger charge is 2.40. The molecule has 22 N–H and O–H groups in total. The van der Waals surface area contributed by atoms with Crippen LogP contribution in [0.1, 0.15) is 109 Å². The fraction of sp³-hybridized carbons (Fsp3) is 0.673. The largest absolute Gasteiger partial charge is 0.508 e. The summed E-state index contributed by atoms with van der Waals surface area (Å²) in [5, 5.41) is 47.4. The lowest BCUT2D eigenvalue weighted by molar-refractivity contribution is -0.143. The van der Waals surface area contributed by atoms with Crippen LogP contribution in [0.15, 0.2) is 29.3 Å². The summed E-state index contributed by atoms with van der Waals surface area (Å²) >= 11 is 0. The van der Waals surface area contributed by atoms with Crippen molar-refractivity contribution in [3.05, 3.63) is 29.8 Å². The number of aliphatic carboxylic acids is 1. The van der Waals surface area contributed by atoms with Gasteiger partial charge in [0.15, 0.2) is 5.96 Å². The molecule has 8 amide bonds. The summed E-state index contributed by atoms with van der Waals surface area (Å²) in [5.41, 5.74) is 34.2. The molecule has 1 heterocycles. The summed E-state index contributed by atoms with van der Waals surface area (Å²) in [5.74, 6) is -8.20. The average molecular weight is 1080 g/mol. The first-order valence-electron chi connectivity index (χ1n) is 26.1. The van der Waals surface area contributed by atoms with Crippen molar-refractivity contribution in [3.63, 3.8) is 0 Å². The Morgan fingerprint density at radius 3 is 1.64 bits per heavy atom. The molecule has 0 aliphatic carbocycles. The number of carbonyl (C=O) groups excluding carboxylic acids is 8. The molecule has 1 aliphatic heterocycles. The van der Waals surface area contributed by atoms with E-state index >= 15 is 0 Å². The fourth-order valence-electron chi connectivity index (χ4n) is 8.37. The molecule has 9 atom stereocenters. The van der Waals surface area contributed by atoms with Crippen molar-refractivity contribution in [1.29, 1.82) is 0 Å². The predicted octanol–water partition coefficient (Wildman–Crippen LogP) is -4.16. The first-order chi connectivity index (χ1) is 36.2. The monoisotopic (exact) mass is 1080 g/mol. The van der Waals surface area contributed by atoms with Gasteiger partial charge in [-0.2, -0.15) is 0 Å². The van der Waals surface area contributed by atoms with Crippen LogP contribution in [0.25, 0.3) is 0 Å². The van der Waals surface area contributed by atoms with Crippen molar-refractivity contribution in [2.24, 2.45) is 45.3 Å². The Balaban J connectivity index is 2.46. The number of phenolic OH excluding ortho intramolecular Hbond substituents is 1. The molecule has 0 radical (unpaired) electrons. The zero-order valence-electron chi connectivity index (χ0n) is 43.9. The number of guanidine groups is 1. The molecule has 0 saturated carbocycles. The number of aliphatic hydroxyl groups excluding tert-OH is 1. The molecule has 1 fully saturated rings. The van der Waals surface area contributed by atoms with E-state index in [2.05, 4.69) is 42.2 Å². The number of likely N-dealkylation sites (tertiary alicyclic amines) is 1. The number of hydrogen-bond donors (Lipinski definition) is 16. The minimum absolute atomic E-state index is 0.0293. The van der Waals surface area contributed by atoms with Gasteiger partial charge in [-0.1, -0.05) is 32.4 Å². The molecule has 27 nitrogen and oxygen atoms in total. The van der Waals surface area contributed by atoms with Crippen molar-refractivity contribution in [1.82, 2.24) is 42.1 Å². The molecule has 0 unspecified atom stereocenters. The number of nitrogens with one attached hydrogen (secondary N) is 7. The maximum absolute atomic E-state index is 14.4. The van der Waals surface area contributed by atoms with Crippen LogP contribution in [0.4, 0.5) is 0 Å². The van der Waals surface area contributed by atoms with Crippen LogP contribution in [0.5, 0.6) is 5.75 Å². The number of nitrogens with zero attached hydrogens (tertiary/aromatic N) is 2. The highest BCUT2D eigenvalue weighted by atomic mass is 16.4. The van der Waals surface area contributed by atoms with Crippen LogP contribution in [0.2, 0.25) is 0 Å². The fourth-order valence-corrected chi connectivity index (χ4v) is 8.37. The molecule has 2 rings (SSSR count). The summed E-state index contributed by atoms with van der Waals surface area (Å²) in [6.07, 6.45) is 4.26. The molecule has 0 spiro atoms. The third kappa shape index (κ3) is 23.1. The van der Waals surface area contributed by atoms with Crippen LogP contribution in [-0.4, -0.2) is 174 Å². The van der Waals surface area contributed by atoms with Crippen LogP contribution >= 0.6 is 0 Å². The van der Waals surface area contributed by atoms with E-state index in [-0.39, 0.29) is 82.8 Å². The summed E-state index contributed by atoms with van der Waals surface area (Å²) in [6, 6.07) is -4.63. The normalized spacial score (nSPS) is 16.2. The lowest BCUT2D eigenvalue weighted by Crippen LogP contribution is -2.61. The average Bonchev–Trinajstić information content (AvgIpc) is 3.89. The summed E-state index contributed by atoms with van der Waals surface area (Å²) in [4.78, 5) is 128. The van der Waals surface area contributed by atoms with Crippen LogP contribution in [0.3, 0.4) is 0 Å². The number of carbonyl (C=O) groups is 9. The molecule has 76 heavy (non-hydrogen) atoms. The zero-order valence-corrected chi connectivity index (χ0v) is 43.9. The Kier molecular flexibility index (Phi) is 30.6. The predicted molar refractivity (Wildman–Crippen MR) is 282 cm³/mol. The number of rotatable bonds is 37. The molecule has 1 aromatic rings. The van der Waals surface area contributed by atoms with Crippen molar-refractivity contribution in [2.45, 2.75) is 158 Å².